The van der Waals surface area contributed by atoms with Crippen molar-refractivity contribution < 1.29 is 26.8 Å². The zero-order valence-corrected chi connectivity index (χ0v) is 19.1. The predicted molar refractivity (Wildman–Crippen MR) is 128 cm³/mol. The van der Waals surface area contributed by atoms with E-state index in [2.05, 4.69) is 5.32 Å². The van der Waals surface area contributed by atoms with Crippen LogP contribution in [0.3, 0.4) is 0 Å². The third-order valence-electron chi connectivity index (χ3n) is 5.27. The molecule has 7 nitrogen and oxygen atoms in total. The maximum Gasteiger partial charge on any atom is 0.248 e. The van der Waals surface area contributed by atoms with Crippen molar-refractivity contribution in [1.29, 1.82) is 0 Å². The molecule has 0 bridgehead atoms. The minimum atomic E-state index is -3.81. The Morgan fingerprint density at radius 1 is 1.09 bits per heavy atom. The van der Waals surface area contributed by atoms with E-state index in [1.54, 1.807) is 31.4 Å². The first-order valence-electron chi connectivity index (χ1n) is 10.1. The van der Waals surface area contributed by atoms with Gasteiger partial charge in [-0.15, -0.1) is 0 Å². The van der Waals surface area contributed by atoms with Crippen LogP contribution in [-0.2, 0) is 14.8 Å². The summed E-state index contributed by atoms with van der Waals surface area (Å²) < 4.78 is 47.3. The molecule has 0 aliphatic heterocycles. The van der Waals surface area contributed by atoms with Gasteiger partial charge in [-0.2, -0.15) is 0 Å². The van der Waals surface area contributed by atoms with E-state index in [1.807, 2.05) is 6.07 Å². The van der Waals surface area contributed by atoms with Gasteiger partial charge in [-0.1, -0.05) is 12.1 Å². The Hall–Kier alpha value is -3.95. The van der Waals surface area contributed by atoms with Crippen LogP contribution in [0.1, 0.15) is 12.5 Å². The summed E-state index contributed by atoms with van der Waals surface area (Å²) in [6, 6.07) is 15.2. The molecule has 0 saturated heterocycles. The van der Waals surface area contributed by atoms with Crippen LogP contribution < -0.4 is 15.2 Å². The number of methoxy groups -OCH3 is 1. The lowest BCUT2D eigenvalue weighted by Gasteiger charge is -2.10. The third kappa shape index (κ3) is 4.85. The van der Waals surface area contributed by atoms with Gasteiger partial charge in [0.25, 0.3) is 0 Å². The second-order valence-corrected chi connectivity index (χ2v) is 9.15. The minimum Gasteiger partial charge on any atom is -0.496 e. The van der Waals surface area contributed by atoms with Gasteiger partial charge in [-0.3, -0.25) is 4.79 Å². The zero-order valence-electron chi connectivity index (χ0n) is 18.3. The standard InChI is InChI=1S/C25H21FN2O5S/c1-15(11-25(29)28-18-7-9-19(10-8-18)34(27,30)31)20-12-21-22(16-3-5-17(26)6-4-16)14-33-24(21)13-23(20)32-2/h3-14H,1-2H3,(H,28,29)(H2,27,30,31)/b15-11+. The number of furan rings is 1. The van der Waals surface area contributed by atoms with Crippen molar-refractivity contribution in [3.8, 4) is 16.9 Å². The van der Waals surface area contributed by atoms with E-state index in [4.69, 9.17) is 14.3 Å². The second kappa shape index (κ2) is 9.12. The number of carbonyl (C=O) groups is 1. The number of ether oxygens (including phenoxy) is 1. The fourth-order valence-corrected chi connectivity index (χ4v) is 4.08. The van der Waals surface area contributed by atoms with Gasteiger partial charge in [0.2, 0.25) is 15.9 Å². The summed E-state index contributed by atoms with van der Waals surface area (Å²) in [6.07, 6.45) is 3.01. The van der Waals surface area contributed by atoms with Crippen molar-refractivity contribution in [3.05, 3.63) is 84.4 Å². The van der Waals surface area contributed by atoms with Crippen molar-refractivity contribution in [2.45, 2.75) is 11.8 Å². The summed E-state index contributed by atoms with van der Waals surface area (Å²) in [7, 11) is -2.29. The topological polar surface area (TPSA) is 112 Å². The molecule has 1 amide bonds. The number of nitrogens with one attached hydrogen (secondary N) is 1. The average Bonchev–Trinajstić information content (AvgIpc) is 3.21. The highest BCUT2D eigenvalue weighted by atomic mass is 32.2. The van der Waals surface area contributed by atoms with Crippen LogP contribution >= 0.6 is 0 Å². The summed E-state index contributed by atoms with van der Waals surface area (Å²) in [5.41, 5.74) is 3.89. The Labute approximate surface area is 195 Å². The lowest BCUT2D eigenvalue weighted by molar-refractivity contribution is -0.111. The molecule has 0 saturated carbocycles. The van der Waals surface area contributed by atoms with Gasteiger partial charge >= 0.3 is 0 Å². The van der Waals surface area contributed by atoms with Crippen LogP contribution in [0.15, 0.2) is 82.3 Å². The van der Waals surface area contributed by atoms with Crippen LogP contribution in [-0.4, -0.2) is 21.4 Å². The highest BCUT2D eigenvalue weighted by molar-refractivity contribution is 7.89. The summed E-state index contributed by atoms with van der Waals surface area (Å²) in [6.45, 7) is 1.77. The highest BCUT2D eigenvalue weighted by Crippen LogP contribution is 2.37. The first-order valence-corrected chi connectivity index (χ1v) is 11.7. The number of primary sulfonamides is 1. The van der Waals surface area contributed by atoms with E-state index in [-0.39, 0.29) is 10.7 Å². The molecule has 174 valence electrons. The first-order chi connectivity index (χ1) is 16.2. The Morgan fingerprint density at radius 2 is 1.76 bits per heavy atom. The molecule has 0 radical (unpaired) electrons. The van der Waals surface area contributed by atoms with E-state index in [9.17, 15) is 17.6 Å². The van der Waals surface area contributed by atoms with Crippen molar-refractivity contribution in [1.82, 2.24) is 0 Å². The Bertz CT molecular complexity index is 1510. The lowest BCUT2D eigenvalue weighted by atomic mass is 9.99. The quantitative estimate of drug-likeness (QED) is 0.380. The fraction of sp³-hybridized carbons (Fsp3) is 0.0800. The molecule has 0 aliphatic rings. The minimum absolute atomic E-state index is 0.0488. The van der Waals surface area contributed by atoms with E-state index in [0.29, 0.717) is 28.2 Å². The van der Waals surface area contributed by atoms with E-state index in [1.165, 1.54) is 49.6 Å². The maximum atomic E-state index is 13.3. The van der Waals surface area contributed by atoms with Gasteiger partial charge in [0.15, 0.2) is 0 Å². The molecule has 1 aromatic heterocycles. The average molecular weight is 481 g/mol. The first kappa shape index (κ1) is 23.2. The van der Waals surface area contributed by atoms with Crippen LogP contribution in [0.4, 0.5) is 10.1 Å². The van der Waals surface area contributed by atoms with Gasteiger partial charge in [-0.25, -0.2) is 17.9 Å². The van der Waals surface area contributed by atoms with Crippen LogP contribution in [0.25, 0.3) is 27.7 Å². The number of benzene rings is 3. The molecule has 3 aromatic carbocycles. The molecule has 1 heterocycles. The summed E-state index contributed by atoms with van der Waals surface area (Å²) in [5, 5.41) is 8.57. The number of carbonyl (C=O) groups excluding carboxylic acids is 1. The molecule has 4 rings (SSSR count). The number of fused-ring (bicyclic) bond motifs is 1. The molecule has 9 heteroatoms. The van der Waals surface area contributed by atoms with Crippen molar-refractivity contribution in [2.24, 2.45) is 5.14 Å². The third-order valence-corrected chi connectivity index (χ3v) is 6.20. The van der Waals surface area contributed by atoms with Crippen molar-refractivity contribution >= 4 is 38.2 Å². The van der Waals surface area contributed by atoms with E-state index < -0.39 is 15.9 Å². The molecular formula is C25H21FN2O5S. The number of allylic oxidation sites excluding steroid dienone is 1. The number of anilines is 1. The van der Waals surface area contributed by atoms with Crippen molar-refractivity contribution in [3.63, 3.8) is 0 Å². The van der Waals surface area contributed by atoms with E-state index in [0.717, 1.165) is 16.5 Å². The Kier molecular flexibility index (Phi) is 6.23. The molecule has 3 N–H and O–H groups in total. The molecule has 0 unspecified atom stereocenters. The number of hydrogen-bond donors (Lipinski definition) is 2. The largest absolute Gasteiger partial charge is 0.496 e. The maximum absolute atomic E-state index is 13.3. The van der Waals surface area contributed by atoms with Crippen LogP contribution in [0.2, 0.25) is 0 Å². The molecule has 0 aliphatic carbocycles. The molecule has 0 atom stereocenters. The Morgan fingerprint density at radius 3 is 2.38 bits per heavy atom. The van der Waals surface area contributed by atoms with Gasteiger partial charge in [0.1, 0.15) is 17.1 Å². The number of sulfonamides is 1. The lowest BCUT2D eigenvalue weighted by Crippen LogP contribution is -2.12. The van der Waals surface area contributed by atoms with Gasteiger partial charge in [0.05, 0.1) is 18.3 Å². The monoisotopic (exact) mass is 480 g/mol. The van der Waals surface area contributed by atoms with Crippen LogP contribution in [0.5, 0.6) is 5.75 Å². The summed E-state index contributed by atoms with van der Waals surface area (Å²) in [4.78, 5) is 12.5. The smallest absolute Gasteiger partial charge is 0.248 e. The van der Waals surface area contributed by atoms with Gasteiger partial charge in [-0.05, 0) is 60.5 Å². The summed E-state index contributed by atoms with van der Waals surface area (Å²) in [5.74, 6) is -0.219. The SMILES string of the molecule is COc1cc2occ(-c3ccc(F)cc3)c2cc1/C(C)=C/C(=O)Nc1ccc(S(N)(=O)=O)cc1. The highest BCUT2D eigenvalue weighted by Gasteiger charge is 2.15. The number of hydrogen-bond acceptors (Lipinski definition) is 5. The zero-order chi connectivity index (χ0) is 24.5. The Balaban J connectivity index is 1.65. The van der Waals surface area contributed by atoms with Gasteiger partial charge < -0.3 is 14.5 Å². The number of halogens is 1. The molecule has 0 fully saturated rings. The fourth-order valence-electron chi connectivity index (χ4n) is 3.57. The molecule has 4 aromatic rings. The number of rotatable bonds is 6. The number of nitrogens with two attached hydrogens (primary N) is 1. The number of amides is 1. The molecule has 34 heavy (non-hydrogen) atoms. The summed E-state index contributed by atoms with van der Waals surface area (Å²) >= 11 is 0. The normalized spacial score (nSPS) is 12.1. The van der Waals surface area contributed by atoms with Crippen molar-refractivity contribution in [2.75, 3.05) is 12.4 Å². The van der Waals surface area contributed by atoms with E-state index >= 15 is 0 Å². The molecule has 0 spiro atoms. The predicted octanol–water partition coefficient (Wildman–Crippen LogP) is 4.94. The van der Waals surface area contributed by atoms with Gasteiger partial charge in [0, 0.05) is 34.3 Å². The van der Waals surface area contributed by atoms with Crippen LogP contribution in [0, 0.1) is 5.82 Å². The second-order valence-electron chi connectivity index (χ2n) is 7.59. The molecular weight excluding hydrogens is 459 g/mol.